The predicted molar refractivity (Wildman–Crippen MR) is 105 cm³/mol. The molecule has 2 aromatic rings. The lowest BCUT2D eigenvalue weighted by Gasteiger charge is -2.34. The van der Waals surface area contributed by atoms with E-state index in [0.29, 0.717) is 13.2 Å². The Bertz CT molecular complexity index is 685. The van der Waals surface area contributed by atoms with E-state index in [9.17, 15) is 4.79 Å². The van der Waals surface area contributed by atoms with Crippen LogP contribution >= 0.6 is 0 Å². The summed E-state index contributed by atoms with van der Waals surface area (Å²) in [4.78, 5) is 14.8. The standard InChI is InChI=1S/C22H28N2O2/c1-2-3-14-24-15-13-23-16-21(24)22(25)26-17-18-9-11-20(12-10-18)19-7-5-4-6-8-19/h4-12,21,23H,2-3,13-17H2,1H3. The SMILES string of the molecule is CCCCN1CCNCC1C(=O)OCc1ccc(-c2ccccc2)cc1. The molecule has 1 fully saturated rings. The summed E-state index contributed by atoms with van der Waals surface area (Å²) in [6.45, 7) is 5.99. The first-order chi connectivity index (χ1) is 12.8. The molecule has 0 saturated carbocycles. The number of piperazine rings is 1. The van der Waals surface area contributed by atoms with Crippen LogP contribution < -0.4 is 5.32 Å². The minimum atomic E-state index is -0.168. The van der Waals surface area contributed by atoms with Gasteiger partial charge in [-0.15, -0.1) is 0 Å². The number of carbonyl (C=O) groups is 1. The van der Waals surface area contributed by atoms with E-state index in [2.05, 4.69) is 41.4 Å². The molecule has 1 heterocycles. The predicted octanol–water partition coefficient (Wildman–Crippen LogP) is 3.47. The average Bonchev–Trinajstić information content (AvgIpc) is 2.71. The highest BCUT2D eigenvalue weighted by molar-refractivity contribution is 5.76. The third-order valence-electron chi connectivity index (χ3n) is 4.87. The van der Waals surface area contributed by atoms with E-state index in [1.54, 1.807) is 0 Å². The van der Waals surface area contributed by atoms with E-state index in [1.807, 2.05) is 30.3 Å². The maximum Gasteiger partial charge on any atom is 0.325 e. The van der Waals surface area contributed by atoms with Crippen LogP contribution in [0.2, 0.25) is 0 Å². The van der Waals surface area contributed by atoms with Gasteiger partial charge in [0, 0.05) is 19.6 Å². The molecule has 0 aliphatic carbocycles. The molecule has 0 spiro atoms. The van der Waals surface area contributed by atoms with Crippen molar-refractivity contribution in [3.05, 3.63) is 60.2 Å². The smallest absolute Gasteiger partial charge is 0.325 e. The Morgan fingerprint density at radius 1 is 1.12 bits per heavy atom. The summed E-state index contributed by atoms with van der Waals surface area (Å²) in [5.41, 5.74) is 3.38. The molecule has 0 bridgehead atoms. The average molecular weight is 352 g/mol. The van der Waals surface area contributed by atoms with Gasteiger partial charge in [0.2, 0.25) is 0 Å². The van der Waals surface area contributed by atoms with Crippen LogP contribution in [-0.4, -0.2) is 43.1 Å². The Morgan fingerprint density at radius 3 is 2.58 bits per heavy atom. The molecule has 1 aliphatic heterocycles. The number of rotatable bonds is 7. The third kappa shape index (κ3) is 4.93. The minimum absolute atomic E-state index is 0.125. The van der Waals surface area contributed by atoms with E-state index in [4.69, 9.17) is 4.74 Å². The maximum atomic E-state index is 12.5. The number of nitrogens with zero attached hydrogens (tertiary/aromatic N) is 1. The molecule has 2 aromatic carbocycles. The zero-order valence-electron chi connectivity index (χ0n) is 15.5. The number of esters is 1. The summed E-state index contributed by atoms with van der Waals surface area (Å²) >= 11 is 0. The first-order valence-electron chi connectivity index (χ1n) is 9.53. The van der Waals surface area contributed by atoms with Crippen molar-refractivity contribution in [1.29, 1.82) is 0 Å². The topological polar surface area (TPSA) is 41.6 Å². The van der Waals surface area contributed by atoms with Crippen LogP contribution in [0.15, 0.2) is 54.6 Å². The fraction of sp³-hybridized carbons (Fsp3) is 0.409. The summed E-state index contributed by atoms with van der Waals surface area (Å²) in [7, 11) is 0. The normalized spacial score (nSPS) is 17.8. The first kappa shape index (κ1) is 18.6. The van der Waals surface area contributed by atoms with Crippen molar-refractivity contribution in [3.63, 3.8) is 0 Å². The molecule has 4 heteroatoms. The number of nitrogens with one attached hydrogen (secondary N) is 1. The van der Waals surface area contributed by atoms with Crippen molar-refractivity contribution in [2.75, 3.05) is 26.2 Å². The molecule has 0 amide bonds. The summed E-state index contributed by atoms with van der Waals surface area (Å²) in [6.07, 6.45) is 2.25. The molecule has 1 aliphatic rings. The van der Waals surface area contributed by atoms with Crippen LogP contribution in [0.4, 0.5) is 0 Å². The molecule has 4 nitrogen and oxygen atoms in total. The van der Waals surface area contributed by atoms with Gasteiger partial charge in [-0.2, -0.15) is 0 Å². The zero-order valence-corrected chi connectivity index (χ0v) is 15.5. The highest BCUT2D eigenvalue weighted by Crippen LogP contribution is 2.19. The van der Waals surface area contributed by atoms with Crippen molar-refractivity contribution in [1.82, 2.24) is 10.2 Å². The van der Waals surface area contributed by atoms with Crippen LogP contribution in [0.5, 0.6) is 0 Å². The van der Waals surface area contributed by atoms with Gasteiger partial charge >= 0.3 is 5.97 Å². The number of benzene rings is 2. The molecule has 0 aromatic heterocycles. The second kappa shape index (κ2) is 9.51. The number of hydrogen-bond donors (Lipinski definition) is 1. The Labute approximate surface area is 156 Å². The Balaban J connectivity index is 1.55. The minimum Gasteiger partial charge on any atom is -0.460 e. The van der Waals surface area contributed by atoms with Gasteiger partial charge in [0.15, 0.2) is 0 Å². The zero-order chi connectivity index (χ0) is 18.2. The van der Waals surface area contributed by atoms with Gasteiger partial charge in [-0.1, -0.05) is 67.9 Å². The molecular weight excluding hydrogens is 324 g/mol. The van der Waals surface area contributed by atoms with Crippen LogP contribution in [0, 0.1) is 0 Å². The highest BCUT2D eigenvalue weighted by Gasteiger charge is 2.29. The molecule has 1 saturated heterocycles. The van der Waals surface area contributed by atoms with Crippen molar-refractivity contribution in [2.45, 2.75) is 32.4 Å². The number of unbranched alkanes of at least 4 members (excludes halogenated alkanes) is 1. The van der Waals surface area contributed by atoms with Crippen LogP contribution in [0.1, 0.15) is 25.3 Å². The molecule has 0 radical (unpaired) electrons. The number of ether oxygens (including phenoxy) is 1. The number of carbonyl (C=O) groups excluding carboxylic acids is 1. The number of hydrogen-bond acceptors (Lipinski definition) is 4. The monoisotopic (exact) mass is 352 g/mol. The lowest BCUT2D eigenvalue weighted by atomic mass is 10.0. The first-order valence-corrected chi connectivity index (χ1v) is 9.53. The van der Waals surface area contributed by atoms with Crippen molar-refractivity contribution >= 4 is 5.97 Å². The van der Waals surface area contributed by atoms with E-state index >= 15 is 0 Å². The summed E-state index contributed by atoms with van der Waals surface area (Å²) in [5, 5.41) is 3.30. The van der Waals surface area contributed by atoms with E-state index in [-0.39, 0.29) is 12.0 Å². The fourth-order valence-corrected chi connectivity index (χ4v) is 3.28. The summed E-state index contributed by atoms with van der Waals surface area (Å²) < 4.78 is 5.60. The molecule has 1 atom stereocenters. The van der Waals surface area contributed by atoms with Gasteiger partial charge in [0.05, 0.1) is 0 Å². The third-order valence-corrected chi connectivity index (χ3v) is 4.87. The Hall–Kier alpha value is -2.17. The van der Waals surface area contributed by atoms with Crippen molar-refractivity contribution in [3.8, 4) is 11.1 Å². The summed E-state index contributed by atoms with van der Waals surface area (Å²) in [5.74, 6) is -0.125. The lowest BCUT2D eigenvalue weighted by Crippen LogP contribution is -2.55. The Kier molecular flexibility index (Phi) is 6.81. The van der Waals surface area contributed by atoms with Gasteiger partial charge < -0.3 is 10.1 Å². The van der Waals surface area contributed by atoms with E-state index in [1.165, 1.54) is 11.1 Å². The fourth-order valence-electron chi connectivity index (χ4n) is 3.28. The second-order valence-electron chi connectivity index (χ2n) is 6.78. The molecule has 138 valence electrons. The second-order valence-corrected chi connectivity index (χ2v) is 6.78. The maximum absolute atomic E-state index is 12.5. The van der Waals surface area contributed by atoms with Gasteiger partial charge in [-0.25, -0.2) is 0 Å². The van der Waals surface area contributed by atoms with Gasteiger partial charge in [-0.05, 0) is 29.7 Å². The molecule has 3 rings (SSSR count). The van der Waals surface area contributed by atoms with Crippen LogP contribution in [0.25, 0.3) is 11.1 Å². The van der Waals surface area contributed by atoms with Gasteiger partial charge in [0.1, 0.15) is 12.6 Å². The largest absolute Gasteiger partial charge is 0.460 e. The summed E-state index contributed by atoms with van der Waals surface area (Å²) in [6, 6.07) is 18.3. The van der Waals surface area contributed by atoms with Gasteiger partial charge in [-0.3, -0.25) is 9.69 Å². The van der Waals surface area contributed by atoms with Gasteiger partial charge in [0.25, 0.3) is 0 Å². The molecule has 1 unspecified atom stereocenters. The Morgan fingerprint density at radius 2 is 1.85 bits per heavy atom. The van der Waals surface area contributed by atoms with Crippen LogP contribution in [0.3, 0.4) is 0 Å². The molecule has 26 heavy (non-hydrogen) atoms. The molecule has 1 N–H and O–H groups in total. The van der Waals surface area contributed by atoms with E-state index < -0.39 is 0 Å². The highest BCUT2D eigenvalue weighted by atomic mass is 16.5. The van der Waals surface area contributed by atoms with Crippen LogP contribution in [-0.2, 0) is 16.1 Å². The quantitative estimate of drug-likeness (QED) is 0.775. The van der Waals surface area contributed by atoms with Crippen molar-refractivity contribution in [2.24, 2.45) is 0 Å². The molecular formula is C22H28N2O2. The lowest BCUT2D eigenvalue weighted by molar-refractivity contribution is -0.152. The van der Waals surface area contributed by atoms with E-state index in [0.717, 1.165) is 38.0 Å². The van der Waals surface area contributed by atoms with Crippen molar-refractivity contribution < 1.29 is 9.53 Å².